The number of halogens is 12. The van der Waals surface area contributed by atoms with Gasteiger partial charge >= 0.3 is 30.4 Å². The third-order valence-electron chi connectivity index (χ3n) is 1.74. The predicted molar refractivity (Wildman–Crippen MR) is 43.1 cm³/mol. The van der Waals surface area contributed by atoms with E-state index in [0.29, 0.717) is 0 Å². The molecule has 1 atom stereocenters. The molecule has 0 radical (unpaired) electrons. The van der Waals surface area contributed by atoms with Crippen LogP contribution >= 0.6 is 0 Å². The quantitative estimate of drug-likeness (QED) is 0.651. The van der Waals surface area contributed by atoms with Crippen molar-refractivity contribution in [3.8, 4) is 0 Å². The van der Waals surface area contributed by atoms with Crippen LogP contribution in [-0.4, -0.2) is 37.0 Å². The van der Waals surface area contributed by atoms with Crippen molar-refractivity contribution < 1.29 is 62.2 Å². The van der Waals surface area contributed by atoms with E-state index in [-0.39, 0.29) is 0 Å². The van der Waals surface area contributed by atoms with Crippen LogP contribution in [0.1, 0.15) is 0 Å². The summed E-state index contributed by atoms with van der Waals surface area (Å²) in [6.07, 6.45) is -25.2. The Balaban J connectivity index is 5.67. The van der Waals surface area contributed by atoms with Crippen molar-refractivity contribution in [3.05, 3.63) is 12.4 Å². The topological polar surface area (TPSA) is 18.5 Å². The highest BCUT2D eigenvalue weighted by Gasteiger charge is 2.77. The van der Waals surface area contributed by atoms with E-state index >= 15 is 0 Å². The van der Waals surface area contributed by atoms with Crippen LogP contribution in [0, 0.1) is 0 Å². The molecule has 0 bridgehead atoms. The maximum Gasteiger partial charge on any atom is 0.458 e. The summed E-state index contributed by atoms with van der Waals surface area (Å²) in [5.41, 5.74) is 0. The van der Waals surface area contributed by atoms with Gasteiger partial charge in [0.25, 0.3) is 0 Å². The molecular formula is C8H4F12O2. The molecule has 0 aromatic rings. The third-order valence-corrected chi connectivity index (χ3v) is 1.74. The van der Waals surface area contributed by atoms with Crippen molar-refractivity contribution in [2.75, 3.05) is 6.61 Å². The van der Waals surface area contributed by atoms with E-state index in [1.165, 1.54) is 0 Å². The highest BCUT2D eigenvalue weighted by atomic mass is 19.4. The lowest BCUT2D eigenvalue weighted by Gasteiger charge is -2.35. The molecule has 0 fully saturated rings. The monoisotopic (exact) mass is 360 g/mol. The van der Waals surface area contributed by atoms with Gasteiger partial charge in [-0.3, -0.25) is 4.74 Å². The first kappa shape index (κ1) is 20.8. The summed E-state index contributed by atoms with van der Waals surface area (Å²) in [7, 11) is 0. The molecule has 2 nitrogen and oxygen atoms in total. The summed E-state index contributed by atoms with van der Waals surface area (Å²) in [5.74, 6) is -9.89. The molecular weight excluding hydrogens is 356 g/mol. The van der Waals surface area contributed by atoms with Gasteiger partial charge in [-0.25, -0.2) is 4.39 Å². The fourth-order valence-electron chi connectivity index (χ4n) is 0.780. The van der Waals surface area contributed by atoms with Crippen molar-refractivity contribution in [3.63, 3.8) is 0 Å². The summed E-state index contributed by atoms with van der Waals surface area (Å²) < 4.78 is 152. The van der Waals surface area contributed by atoms with Gasteiger partial charge in [-0.2, -0.15) is 48.3 Å². The van der Waals surface area contributed by atoms with Crippen molar-refractivity contribution in [1.29, 1.82) is 0 Å². The molecule has 0 aliphatic heterocycles. The predicted octanol–water partition coefficient (Wildman–Crippen LogP) is 4.48. The number of rotatable bonds is 6. The normalized spacial score (nSPS) is 17.3. The van der Waals surface area contributed by atoms with Crippen molar-refractivity contribution in [2.24, 2.45) is 0 Å². The van der Waals surface area contributed by atoms with Gasteiger partial charge in [0.1, 0.15) is 6.61 Å². The number of alkyl halides is 11. The SMILES string of the molecule is C=C(F)C(F)(F)OC(F)(C(F)(F)F)C(F)(F)OCC(F)(F)F. The zero-order chi connectivity index (χ0) is 18.2. The minimum atomic E-state index is -7.01. The second kappa shape index (κ2) is 5.79. The molecule has 0 amide bonds. The van der Waals surface area contributed by atoms with Crippen LogP contribution in [0.3, 0.4) is 0 Å². The smallest absolute Gasteiger partial charge is 0.306 e. The third kappa shape index (κ3) is 4.66. The second-order valence-electron chi connectivity index (χ2n) is 3.54. The Morgan fingerprint density at radius 1 is 0.818 bits per heavy atom. The van der Waals surface area contributed by atoms with E-state index in [2.05, 4.69) is 4.74 Å². The number of hydrogen-bond acceptors (Lipinski definition) is 2. The second-order valence-corrected chi connectivity index (χ2v) is 3.54. The highest BCUT2D eigenvalue weighted by Crippen LogP contribution is 2.50. The lowest BCUT2D eigenvalue weighted by atomic mass is 10.2. The highest BCUT2D eigenvalue weighted by molar-refractivity contribution is 4.96. The first-order valence-corrected chi connectivity index (χ1v) is 4.63. The van der Waals surface area contributed by atoms with Gasteiger partial charge in [0.15, 0.2) is 5.83 Å². The van der Waals surface area contributed by atoms with Gasteiger partial charge in [-0.05, 0) is 0 Å². The Morgan fingerprint density at radius 2 is 1.23 bits per heavy atom. The van der Waals surface area contributed by atoms with Crippen LogP contribution in [0.25, 0.3) is 0 Å². The summed E-state index contributed by atoms with van der Waals surface area (Å²) in [6, 6.07) is 0. The molecule has 14 heteroatoms. The van der Waals surface area contributed by atoms with Gasteiger partial charge in [0.2, 0.25) is 0 Å². The average Bonchev–Trinajstić information content (AvgIpc) is 2.23. The van der Waals surface area contributed by atoms with Crippen LogP contribution in [0.15, 0.2) is 12.4 Å². The standard InChI is InChI=1S/C8H4F12O2/c1-3(9)5(13,14)22-6(15,7(16,17)18)8(19,20)21-2-4(10,11)12/h1-2H2. The molecule has 1 unspecified atom stereocenters. The molecule has 0 aliphatic carbocycles. The van der Waals surface area contributed by atoms with E-state index in [0.717, 1.165) is 0 Å². The van der Waals surface area contributed by atoms with Gasteiger partial charge in [-0.1, -0.05) is 6.58 Å². The minimum absolute atomic E-state index is 1.72. The van der Waals surface area contributed by atoms with E-state index in [4.69, 9.17) is 0 Å². The lowest BCUT2D eigenvalue weighted by Crippen LogP contribution is -2.61. The Kier molecular flexibility index (Phi) is 5.48. The van der Waals surface area contributed by atoms with Crippen LogP contribution in [0.5, 0.6) is 0 Å². The Labute approximate surface area is 113 Å². The van der Waals surface area contributed by atoms with Crippen LogP contribution in [0.2, 0.25) is 0 Å². The molecule has 22 heavy (non-hydrogen) atoms. The van der Waals surface area contributed by atoms with Crippen LogP contribution in [-0.2, 0) is 9.47 Å². The minimum Gasteiger partial charge on any atom is -0.306 e. The van der Waals surface area contributed by atoms with Gasteiger partial charge in [0, 0.05) is 0 Å². The first-order valence-electron chi connectivity index (χ1n) is 4.63. The van der Waals surface area contributed by atoms with Crippen molar-refractivity contribution in [1.82, 2.24) is 0 Å². The Bertz CT molecular complexity index is 410. The molecule has 0 aromatic heterocycles. The maximum atomic E-state index is 13.2. The van der Waals surface area contributed by atoms with Crippen molar-refractivity contribution in [2.45, 2.75) is 30.4 Å². The molecule has 0 saturated carbocycles. The molecule has 0 rings (SSSR count). The van der Waals surface area contributed by atoms with Gasteiger partial charge in [-0.15, -0.1) is 0 Å². The fourth-order valence-corrected chi connectivity index (χ4v) is 0.780. The molecule has 0 saturated heterocycles. The summed E-state index contributed by atoms with van der Waals surface area (Å²) in [4.78, 5) is 0. The molecule has 0 heterocycles. The Morgan fingerprint density at radius 3 is 1.50 bits per heavy atom. The molecule has 0 spiro atoms. The molecule has 0 N–H and O–H groups in total. The first-order chi connectivity index (χ1) is 9.36. The average molecular weight is 360 g/mol. The number of ether oxygens (including phenoxy) is 2. The fraction of sp³-hybridized carbons (Fsp3) is 0.750. The zero-order valence-corrected chi connectivity index (χ0v) is 9.77. The van der Waals surface area contributed by atoms with Crippen LogP contribution < -0.4 is 0 Å². The Hall–Kier alpha value is -1.18. The largest absolute Gasteiger partial charge is 0.458 e. The molecule has 0 aliphatic rings. The lowest BCUT2D eigenvalue weighted by molar-refractivity contribution is -0.500. The molecule has 132 valence electrons. The van der Waals surface area contributed by atoms with Crippen molar-refractivity contribution >= 4 is 0 Å². The van der Waals surface area contributed by atoms with E-state index < -0.39 is 42.9 Å². The van der Waals surface area contributed by atoms with Crippen LogP contribution in [0.4, 0.5) is 52.7 Å². The van der Waals surface area contributed by atoms with Gasteiger partial charge < -0.3 is 4.74 Å². The molecule has 0 aromatic carbocycles. The summed E-state index contributed by atoms with van der Waals surface area (Å²) in [6.45, 7) is -1.41. The summed E-state index contributed by atoms with van der Waals surface area (Å²) >= 11 is 0. The number of hydrogen-bond donors (Lipinski definition) is 0. The maximum absolute atomic E-state index is 13.2. The van der Waals surface area contributed by atoms with E-state index in [1.54, 1.807) is 6.58 Å². The summed E-state index contributed by atoms with van der Waals surface area (Å²) in [5, 5.41) is 0. The zero-order valence-electron chi connectivity index (χ0n) is 9.77. The van der Waals surface area contributed by atoms with Gasteiger partial charge in [0.05, 0.1) is 0 Å². The van der Waals surface area contributed by atoms with E-state index in [9.17, 15) is 52.7 Å². The van der Waals surface area contributed by atoms with E-state index in [1.807, 2.05) is 4.74 Å².